The Kier molecular flexibility index (Phi) is 5.36. The molecule has 0 radical (unpaired) electrons. The fourth-order valence-corrected chi connectivity index (χ4v) is 2.65. The van der Waals surface area contributed by atoms with Gasteiger partial charge in [-0.25, -0.2) is 4.98 Å². The molecule has 2 aromatic rings. The van der Waals surface area contributed by atoms with E-state index in [0.29, 0.717) is 28.8 Å². The number of aromatic nitrogens is 2. The highest BCUT2D eigenvalue weighted by atomic mass is 35.5. The zero-order valence-corrected chi connectivity index (χ0v) is 14.1. The molecular formula is C14H16Cl3N3O. The lowest BCUT2D eigenvalue weighted by Crippen LogP contribution is -2.30. The van der Waals surface area contributed by atoms with E-state index >= 15 is 0 Å². The quantitative estimate of drug-likeness (QED) is 0.830. The van der Waals surface area contributed by atoms with E-state index < -0.39 is 0 Å². The van der Waals surface area contributed by atoms with Crippen LogP contribution in [0.4, 0.5) is 0 Å². The minimum atomic E-state index is -0.00701. The predicted molar refractivity (Wildman–Crippen MR) is 87.2 cm³/mol. The van der Waals surface area contributed by atoms with Crippen molar-refractivity contribution in [3.8, 4) is 0 Å². The van der Waals surface area contributed by atoms with Gasteiger partial charge in [-0.05, 0) is 26.0 Å². The monoisotopic (exact) mass is 347 g/mol. The van der Waals surface area contributed by atoms with Gasteiger partial charge in [0.15, 0.2) is 0 Å². The number of nitrogens with one attached hydrogen (secondary N) is 1. The summed E-state index contributed by atoms with van der Waals surface area (Å²) >= 11 is 18.0. The van der Waals surface area contributed by atoms with Crippen molar-refractivity contribution < 1.29 is 4.79 Å². The number of amides is 1. The Morgan fingerprint density at radius 2 is 2.00 bits per heavy atom. The molecule has 1 aromatic heterocycles. The summed E-state index contributed by atoms with van der Waals surface area (Å²) in [6.45, 7) is 4.35. The molecule has 7 heteroatoms. The van der Waals surface area contributed by atoms with Gasteiger partial charge >= 0.3 is 0 Å². The molecule has 0 atom stereocenters. The average Bonchev–Trinajstić information content (AvgIpc) is 2.73. The van der Waals surface area contributed by atoms with Crippen LogP contribution in [-0.2, 0) is 17.2 Å². The summed E-state index contributed by atoms with van der Waals surface area (Å²) in [6, 6.07) is 3.58. The fourth-order valence-electron chi connectivity index (χ4n) is 2.13. The van der Waals surface area contributed by atoms with Crippen molar-refractivity contribution in [2.75, 3.05) is 0 Å². The molecule has 4 nitrogen and oxygen atoms in total. The zero-order valence-electron chi connectivity index (χ0n) is 11.8. The summed E-state index contributed by atoms with van der Waals surface area (Å²) in [5.41, 5.74) is 1.56. The highest BCUT2D eigenvalue weighted by Crippen LogP contribution is 2.28. The second kappa shape index (κ2) is 6.86. The maximum atomic E-state index is 11.8. The van der Waals surface area contributed by atoms with Gasteiger partial charge in [0.2, 0.25) is 5.91 Å². The number of carbonyl (C=O) groups is 1. The number of imidazole rings is 1. The van der Waals surface area contributed by atoms with E-state index in [2.05, 4.69) is 10.3 Å². The third kappa shape index (κ3) is 3.82. The molecule has 0 saturated carbocycles. The predicted octanol–water partition coefficient (Wildman–Crippen LogP) is 4.00. The third-order valence-corrected chi connectivity index (χ3v) is 3.96. The number of carbonyl (C=O) groups excluding carboxylic acids is 1. The summed E-state index contributed by atoms with van der Waals surface area (Å²) in [5, 5.41) is 3.77. The molecule has 114 valence electrons. The lowest BCUT2D eigenvalue weighted by Gasteiger charge is -2.10. The first kappa shape index (κ1) is 16.4. The minimum Gasteiger partial charge on any atom is -0.354 e. The normalized spacial score (nSPS) is 11.3. The Hall–Kier alpha value is -0.970. The Labute approximate surface area is 138 Å². The van der Waals surface area contributed by atoms with Gasteiger partial charge < -0.3 is 9.88 Å². The van der Waals surface area contributed by atoms with Crippen LogP contribution in [0.15, 0.2) is 12.1 Å². The van der Waals surface area contributed by atoms with Crippen LogP contribution >= 0.6 is 34.8 Å². The zero-order chi connectivity index (χ0) is 15.6. The van der Waals surface area contributed by atoms with E-state index in [1.165, 1.54) is 0 Å². The van der Waals surface area contributed by atoms with E-state index in [9.17, 15) is 4.79 Å². The van der Waals surface area contributed by atoms with Crippen molar-refractivity contribution in [2.24, 2.45) is 0 Å². The molecule has 1 aromatic carbocycles. The number of nitrogens with zero attached hydrogens (tertiary/aromatic N) is 2. The Balaban J connectivity index is 2.29. The van der Waals surface area contributed by atoms with Gasteiger partial charge in [0, 0.05) is 19.0 Å². The first-order valence-electron chi connectivity index (χ1n) is 6.62. The molecule has 0 saturated heterocycles. The van der Waals surface area contributed by atoms with Gasteiger partial charge in [-0.1, -0.05) is 23.2 Å². The maximum absolute atomic E-state index is 11.8. The molecule has 0 aliphatic carbocycles. The van der Waals surface area contributed by atoms with Crippen LogP contribution in [0.2, 0.25) is 10.0 Å². The number of hydrogen-bond acceptors (Lipinski definition) is 2. The van der Waals surface area contributed by atoms with E-state index in [1.807, 2.05) is 18.4 Å². The number of alkyl halides is 1. The summed E-state index contributed by atoms with van der Waals surface area (Å²) in [6.07, 6.45) is 0.355. The number of hydrogen-bond donors (Lipinski definition) is 1. The second-order valence-electron chi connectivity index (χ2n) is 5.04. The van der Waals surface area contributed by atoms with Crippen LogP contribution in [0.3, 0.4) is 0 Å². The molecule has 0 aliphatic rings. The summed E-state index contributed by atoms with van der Waals surface area (Å²) in [7, 11) is 0. The van der Waals surface area contributed by atoms with Gasteiger partial charge in [-0.3, -0.25) is 4.79 Å². The van der Waals surface area contributed by atoms with Crippen molar-refractivity contribution in [3.05, 3.63) is 28.0 Å². The van der Waals surface area contributed by atoms with Gasteiger partial charge in [-0.15, -0.1) is 11.6 Å². The van der Waals surface area contributed by atoms with Crippen molar-refractivity contribution in [1.82, 2.24) is 14.9 Å². The van der Waals surface area contributed by atoms with Crippen LogP contribution in [0.25, 0.3) is 11.0 Å². The molecule has 0 aliphatic heterocycles. The standard InChI is InChI=1S/C14H16Cl3N3O/c1-8(2)18-14(21)3-4-20-12-6-10(17)9(16)5-11(12)19-13(20)7-15/h5-6,8H,3-4,7H2,1-2H3,(H,18,21). The molecule has 1 amide bonds. The van der Waals surface area contributed by atoms with Crippen LogP contribution in [0.5, 0.6) is 0 Å². The highest BCUT2D eigenvalue weighted by molar-refractivity contribution is 6.42. The van der Waals surface area contributed by atoms with E-state index in [1.54, 1.807) is 12.1 Å². The molecule has 0 unspecified atom stereocenters. The fraction of sp³-hybridized carbons (Fsp3) is 0.429. The number of benzene rings is 1. The summed E-state index contributed by atoms with van der Waals surface area (Å²) < 4.78 is 1.91. The van der Waals surface area contributed by atoms with Gasteiger partial charge in [0.25, 0.3) is 0 Å². The van der Waals surface area contributed by atoms with Crippen LogP contribution in [0.1, 0.15) is 26.1 Å². The lowest BCUT2D eigenvalue weighted by atomic mass is 10.3. The largest absolute Gasteiger partial charge is 0.354 e. The number of fused-ring (bicyclic) bond motifs is 1. The lowest BCUT2D eigenvalue weighted by molar-refractivity contribution is -0.121. The maximum Gasteiger partial charge on any atom is 0.221 e. The van der Waals surface area contributed by atoms with Gasteiger partial charge in [-0.2, -0.15) is 0 Å². The summed E-state index contributed by atoms with van der Waals surface area (Å²) in [5.74, 6) is 0.949. The Morgan fingerprint density at radius 3 is 2.62 bits per heavy atom. The first-order valence-corrected chi connectivity index (χ1v) is 7.91. The van der Waals surface area contributed by atoms with Gasteiger partial charge in [0.05, 0.1) is 27.0 Å². The Bertz CT molecular complexity index is 667. The van der Waals surface area contributed by atoms with E-state index in [-0.39, 0.29) is 17.8 Å². The molecule has 0 fully saturated rings. The molecule has 1 N–H and O–H groups in total. The number of rotatable bonds is 5. The smallest absolute Gasteiger partial charge is 0.221 e. The average molecular weight is 349 g/mol. The van der Waals surface area contributed by atoms with Crippen molar-refractivity contribution >= 4 is 51.7 Å². The van der Waals surface area contributed by atoms with Crippen molar-refractivity contribution in [1.29, 1.82) is 0 Å². The van der Waals surface area contributed by atoms with Gasteiger partial charge in [0.1, 0.15) is 5.82 Å². The van der Waals surface area contributed by atoms with E-state index in [4.69, 9.17) is 34.8 Å². The molecule has 2 rings (SSSR count). The SMILES string of the molecule is CC(C)NC(=O)CCn1c(CCl)nc2cc(Cl)c(Cl)cc21. The third-order valence-electron chi connectivity index (χ3n) is 3.00. The minimum absolute atomic E-state index is 0.00701. The number of aryl methyl sites for hydroxylation is 1. The molecule has 1 heterocycles. The van der Waals surface area contributed by atoms with Crippen molar-refractivity contribution in [3.63, 3.8) is 0 Å². The topological polar surface area (TPSA) is 46.9 Å². The molecule has 21 heavy (non-hydrogen) atoms. The second-order valence-corrected chi connectivity index (χ2v) is 6.12. The van der Waals surface area contributed by atoms with Crippen LogP contribution in [0, 0.1) is 0 Å². The molecule has 0 spiro atoms. The first-order chi connectivity index (χ1) is 9.92. The Morgan fingerprint density at radius 1 is 1.33 bits per heavy atom. The summed E-state index contributed by atoms with van der Waals surface area (Å²) in [4.78, 5) is 16.2. The highest BCUT2D eigenvalue weighted by Gasteiger charge is 2.14. The molecular weight excluding hydrogens is 333 g/mol. The van der Waals surface area contributed by atoms with Crippen LogP contribution in [-0.4, -0.2) is 21.5 Å². The van der Waals surface area contributed by atoms with E-state index in [0.717, 1.165) is 11.0 Å². The van der Waals surface area contributed by atoms with Crippen LogP contribution < -0.4 is 5.32 Å². The van der Waals surface area contributed by atoms with Crippen molar-refractivity contribution in [2.45, 2.75) is 38.7 Å². The molecule has 0 bridgehead atoms. The number of halogens is 3.